The van der Waals surface area contributed by atoms with Crippen molar-refractivity contribution in [3.8, 4) is 0 Å². The van der Waals surface area contributed by atoms with Gasteiger partial charge in [-0.3, -0.25) is 4.79 Å². The summed E-state index contributed by atoms with van der Waals surface area (Å²) in [5.41, 5.74) is 0. The van der Waals surface area contributed by atoms with Crippen LogP contribution in [0.15, 0.2) is 0 Å². The molecule has 1 fully saturated rings. The Bertz CT molecular complexity index is 973. The van der Waals surface area contributed by atoms with E-state index in [1.807, 2.05) is 0 Å². The van der Waals surface area contributed by atoms with Crippen LogP contribution in [0.25, 0.3) is 0 Å². The van der Waals surface area contributed by atoms with Crippen LogP contribution in [-0.4, -0.2) is 98.7 Å². The number of hydrogen-bond donors (Lipinski definition) is 7. The minimum absolute atomic E-state index is 0.252. The molecule has 1 rings (SSSR count). The summed E-state index contributed by atoms with van der Waals surface area (Å²) >= 11 is 0. The average Bonchev–Trinajstić information content (AvgIpc) is 3.28. The van der Waals surface area contributed by atoms with Crippen molar-refractivity contribution in [3.63, 3.8) is 0 Å². The highest BCUT2D eigenvalue weighted by molar-refractivity contribution is 5.76. The maximum Gasteiger partial charge on any atom is 0.220 e. The van der Waals surface area contributed by atoms with Crippen LogP contribution < -0.4 is 5.32 Å². The van der Waals surface area contributed by atoms with Crippen LogP contribution in [-0.2, 0) is 14.3 Å². The Morgan fingerprint density at radius 3 is 1.17 bits per heavy atom. The molecule has 10 nitrogen and oxygen atoms in total. The summed E-state index contributed by atoms with van der Waals surface area (Å²) in [7, 11) is 0. The van der Waals surface area contributed by atoms with Crippen molar-refractivity contribution in [3.05, 3.63) is 0 Å². The van der Waals surface area contributed by atoms with Gasteiger partial charge in [0.05, 0.1) is 25.4 Å². The first-order valence-electron chi connectivity index (χ1n) is 27.3. The van der Waals surface area contributed by atoms with Crippen LogP contribution in [0.2, 0.25) is 0 Å². The molecule has 0 aromatic rings. The summed E-state index contributed by atoms with van der Waals surface area (Å²) in [5.74, 6) is -0.252. The molecule has 1 amide bonds. The molecule has 0 aromatic heterocycles. The smallest absolute Gasteiger partial charge is 0.220 e. The Balaban J connectivity index is 2.16. The van der Waals surface area contributed by atoms with Gasteiger partial charge in [-0.05, 0) is 12.8 Å². The molecule has 0 saturated carbocycles. The lowest BCUT2D eigenvalue weighted by atomic mass is 9.98. The standard InChI is InChI=1S/C53H105NO9/c1-3-5-7-9-11-13-15-16-17-18-19-20-21-22-23-24-25-26-27-28-29-30-31-32-34-36-38-40-42-48(57)54-45(44-62-53-52(61)51(60)50(59)47(43-55)63-53)49(58)46(56)41-39-37-35-33-14-12-10-8-6-4-2/h45-47,49-53,55-56,58-61H,3-44H2,1-2H3,(H,54,57)/t45-,46+,47+,49-,50-,51?,52?,53+/m0/s1. The number of ether oxygens (including phenoxy) is 2. The molecule has 8 atom stereocenters. The molecular formula is C53H105NO9. The quantitative estimate of drug-likeness (QED) is 0.0294. The van der Waals surface area contributed by atoms with Crippen LogP contribution >= 0.6 is 0 Å². The summed E-state index contributed by atoms with van der Waals surface area (Å²) < 4.78 is 11.2. The number of aliphatic hydroxyl groups excluding tert-OH is 6. The van der Waals surface area contributed by atoms with Gasteiger partial charge in [-0.2, -0.15) is 0 Å². The number of carbonyl (C=O) groups excluding carboxylic acids is 1. The third-order valence-corrected chi connectivity index (χ3v) is 13.6. The van der Waals surface area contributed by atoms with E-state index < -0.39 is 55.6 Å². The summed E-state index contributed by atoms with van der Waals surface area (Å²) in [6.45, 7) is 3.62. The zero-order chi connectivity index (χ0) is 46.0. The van der Waals surface area contributed by atoms with Gasteiger partial charge in [0.15, 0.2) is 6.29 Å². The third kappa shape index (κ3) is 33.3. The van der Waals surface area contributed by atoms with E-state index in [4.69, 9.17) is 9.47 Å². The second-order valence-electron chi connectivity index (χ2n) is 19.5. The minimum atomic E-state index is -1.60. The van der Waals surface area contributed by atoms with Gasteiger partial charge in [-0.1, -0.05) is 251 Å². The lowest BCUT2D eigenvalue weighted by Gasteiger charge is -2.40. The van der Waals surface area contributed by atoms with Gasteiger partial charge in [0, 0.05) is 6.42 Å². The van der Waals surface area contributed by atoms with E-state index >= 15 is 0 Å². The first-order chi connectivity index (χ1) is 30.8. The van der Waals surface area contributed by atoms with E-state index in [0.717, 1.165) is 44.9 Å². The highest BCUT2D eigenvalue weighted by Gasteiger charge is 2.44. The molecule has 2 unspecified atom stereocenters. The number of rotatable bonds is 47. The normalized spacial score (nSPS) is 20.5. The number of hydrogen-bond acceptors (Lipinski definition) is 9. The molecule has 10 heteroatoms. The maximum atomic E-state index is 13.0. The van der Waals surface area contributed by atoms with Crippen molar-refractivity contribution < 1.29 is 44.9 Å². The van der Waals surface area contributed by atoms with Gasteiger partial charge in [0.1, 0.15) is 30.5 Å². The molecule has 1 heterocycles. The molecular weight excluding hydrogens is 795 g/mol. The van der Waals surface area contributed by atoms with Crippen molar-refractivity contribution >= 4 is 5.91 Å². The van der Waals surface area contributed by atoms with Gasteiger partial charge in [-0.15, -0.1) is 0 Å². The number of amides is 1. The summed E-state index contributed by atoms with van der Waals surface area (Å²) in [6.07, 6.45) is 40.0. The van der Waals surface area contributed by atoms with Crippen LogP contribution in [0.3, 0.4) is 0 Å². The van der Waals surface area contributed by atoms with Crippen LogP contribution in [0.5, 0.6) is 0 Å². The van der Waals surface area contributed by atoms with E-state index in [2.05, 4.69) is 19.2 Å². The predicted molar refractivity (Wildman–Crippen MR) is 260 cm³/mol. The van der Waals surface area contributed by atoms with Gasteiger partial charge >= 0.3 is 0 Å². The lowest BCUT2D eigenvalue weighted by Crippen LogP contribution is -2.60. The molecule has 0 aromatic carbocycles. The molecule has 1 aliphatic heterocycles. The molecule has 0 spiro atoms. The fraction of sp³-hybridized carbons (Fsp3) is 0.981. The molecule has 7 N–H and O–H groups in total. The summed E-state index contributed by atoms with van der Waals surface area (Å²) in [6, 6.07) is -0.984. The predicted octanol–water partition coefficient (Wildman–Crippen LogP) is 11.7. The van der Waals surface area contributed by atoms with Crippen molar-refractivity contribution in [2.24, 2.45) is 0 Å². The number of aliphatic hydroxyl groups is 6. The Kier molecular flexibility index (Phi) is 41.7. The Morgan fingerprint density at radius 1 is 0.492 bits per heavy atom. The number of nitrogens with one attached hydrogen (secondary N) is 1. The van der Waals surface area contributed by atoms with Gasteiger partial charge in [0.25, 0.3) is 0 Å². The largest absolute Gasteiger partial charge is 0.394 e. The first kappa shape index (κ1) is 60.2. The summed E-state index contributed by atoms with van der Waals surface area (Å²) in [5, 5.41) is 65.2. The van der Waals surface area contributed by atoms with Crippen molar-refractivity contribution in [2.45, 2.75) is 320 Å². The van der Waals surface area contributed by atoms with Crippen LogP contribution in [0, 0.1) is 0 Å². The second-order valence-corrected chi connectivity index (χ2v) is 19.5. The lowest BCUT2D eigenvalue weighted by molar-refractivity contribution is -0.303. The Morgan fingerprint density at radius 2 is 0.825 bits per heavy atom. The van der Waals surface area contributed by atoms with Crippen molar-refractivity contribution in [1.82, 2.24) is 5.32 Å². The highest BCUT2D eigenvalue weighted by Crippen LogP contribution is 2.23. The van der Waals surface area contributed by atoms with E-state index in [9.17, 15) is 35.4 Å². The molecule has 1 aliphatic rings. The number of carbonyl (C=O) groups is 1. The van der Waals surface area contributed by atoms with E-state index in [-0.39, 0.29) is 18.9 Å². The molecule has 0 aliphatic carbocycles. The highest BCUT2D eigenvalue weighted by atomic mass is 16.7. The topological polar surface area (TPSA) is 169 Å². The monoisotopic (exact) mass is 900 g/mol. The van der Waals surface area contributed by atoms with Crippen molar-refractivity contribution in [1.29, 1.82) is 0 Å². The summed E-state index contributed by atoms with van der Waals surface area (Å²) in [4.78, 5) is 13.0. The third-order valence-electron chi connectivity index (χ3n) is 13.6. The Hall–Kier alpha value is -0.850. The van der Waals surface area contributed by atoms with E-state index in [1.54, 1.807) is 0 Å². The average molecular weight is 900 g/mol. The van der Waals surface area contributed by atoms with Crippen molar-refractivity contribution in [2.75, 3.05) is 13.2 Å². The molecule has 1 saturated heterocycles. The van der Waals surface area contributed by atoms with Gasteiger partial charge in [-0.25, -0.2) is 0 Å². The molecule has 376 valence electrons. The maximum absolute atomic E-state index is 13.0. The minimum Gasteiger partial charge on any atom is -0.394 e. The van der Waals surface area contributed by atoms with Gasteiger partial charge in [0.2, 0.25) is 5.91 Å². The molecule has 63 heavy (non-hydrogen) atoms. The second kappa shape index (κ2) is 43.7. The Labute approximate surface area is 387 Å². The molecule has 0 radical (unpaired) electrons. The fourth-order valence-corrected chi connectivity index (χ4v) is 9.14. The van der Waals surface area contributed by atoms with Crippen LogP contribution in [0.4, 0.5) is 0 Å². The zero-order valence-electron chi connectivity index (χ0n) is 41.2. The SMILES string of the molecule is CCCCCCCCCCCCCCCCCCCCCCCCCCCCCCC(=O)N[C@@H](CO[C@@H]1O[C@H](CO)[C@H](O)C(O)C1O)[C@H](O)[C@H](O)CCCCCCCCCCCC. The van der Waals surface area contributed by atoms with E-state index in [1.165, 1.54) is 199 Å². The molecule has 0 bridgehead atoms. The van der Waals surface area contributed by atoms with Crippen LogP contribution in [0.1, 0.15) is 271 Å². The number of unbranched alkanes of at least 4 members (excludes halogenated alkanes) is 36. The van der Waals surface area contributed by atoms with Gasteiger partial charge < -0.3 is 45.4 Å². The fourth-order valence-electron chi connectivity index (χ4n) is 9.14. The zero-order valence-corrected chi connectivity index (χ0v) is 41.2. The van der Waals surface area contributed by atoms with E-state index in [0.29, 0.717) is 6.42 Å². The first-order valence-corrected chi connectivity index (χ1v) is 27.3.